The molecule has 0 aliphatic carbocycles. The first-order valence-corrected chi connectivity index (χ1v) is 4.41. The third-order valence-electron chi connectivity index (χ3n) is 2.20. The molecule has 2 aromatic heterocycles. The van der Waals surface area contributed by atoms with Gasteiger partial charge >= 0.3 is 7.62 Å². The molecule has 1 radical (unpaired) electrons. The minimum Gasteiger partial charge on any atom is -0.496 e. The van der Waals surface area contributed by atoms with Crippen LogP contribution in [0.15, 0.2) is 42.7 Å². The molecular weight excluding hydrogens is 175 g/mol. The highest BCUT2D eigenvalue weighted by atomic mass is 16.4. The van der Waals surface area contributed by atoms with Crippen molar-refractivity contribution in [1.82, 2.24) is 4.98 Å². The van der Waals surface area contributed by atoms with Gasteiger partial charge in [0, 0.05) is 12.3 Å². The number of fused-ring (bicyclic) bond motifs is 3. The SMILES string of the molecule is [B]1Oc2cccnc2-c2cccc[n+]21. The van der Waals surface area contributed by atoms with Gasteiger partial charge < -0.3 is 4.65 Å². The quantitative estimate of drug-likeness (QED) is 0.563. The van der Waals surface area contributed by atoms with Gasteiger partial charge in [-0.25, -0.2) is 9.46 Å². The summed E-state index contributed by atoms with van der Waals surface area (Å²) in [4.78, 5) is 4.29. The second kappa shape index (κ2) is 2.84. The van der Waals surface area contributed by atoms with Gasteiger partial charge in [-0.05, 0) is 24.3 Å². The van der Waals surface area contributed by atoms with Crippen LogP contribution in [0.25, 0.3) is 11.4 Å². The fourth-order valence-electron chi connectivity index (χ4n) is 1.54. The molecule has 0 atom stereocenters. The van der Waals surface area contributed by atoms with Gasteiger partial charge in [-0.1, -0.05) is 0 Å². The molecule has 0 amide bonds. The van der Waals surface area contributed by atoms with Crippen molar-refractivity contribution in [2.24, 2.45) is 0 Å². The zero-order chi connectivity index (χ0) is 9.38. The number of hydrogen-bond donors (Lipinski definition) is 0. The highest BCUT2D eigenvalue weighted by molar-refractivity contribution is 6.18. The lowest BCUT2D eigenvalue weighted by atomic mass is 10.1. The molecule has 0 fully saturated rings. The van der Waals surface area contributed by atoms with E-state index in [0.29, 0.717) is 0 Å². The van der Waals surface area contributed by atoms with Crippen LogP contribution in [0.3, 0.4) is 0 Å². The Morgan fingerprint density at radius 3 is 3.21 bits per heavy atom. The maximum atomic E-state index is 5.43. The predicted octanol–water partition coefficient (Wildman–Crippen LogP) is 0.811. The number of rotatable bonds is 0. The van der Waals surface area contributed by atoms with E-state index in [0.717, 1.165) is 17.1 Å². The molecule has 3 heterocycles. The largest absolute Gasteiger partial charge is 0.831 e. The summed E-state index contributed by atoms with van der Waals surface area (Å²) in [5, 5.41) is 0. The van der Waals surface area contributed by atoms with Crippen LogP contribution < -0.4 is 9.13 Å². The van der Waals surface area contributed by atoms with E-state index in [1.807, 2.05) is 41.0 Å². The Bertz CT molecular complexity index is 442. The molecule has 4 heteroatoms. The second-order valence-corrected chi connectivity index (χ2v) is 3.07. The Hall–Kier alpha value is -1.84. The minimum atomic E-state index is 0.804. The van der Waals surface area contributed by atoms with Crippen LogP contribution in [0, 0.1) is 0 Å². The molecule has 0 aromatic carbocycles. The Morgan fingerprint density at radius 1 is 1.21 bits per heavy atom. The minimum absolute atomic E-state index is 0.804. The number of nitrogens with zero attached hydrogens (tertiary/aromatic N) is 2. The van der Waals surface area contributed by atoms with Crippen molar-refractivity contribution in [3.05, 3.63) is 42.7 Å². The molecule has 0 saturated heterocycles. The van der Waals surface area contributed by atoms with Crippen LogP contribution in [-0.4, -0.2) is 12.6 Å². The van der Waals surface area contributed by atoms with Crippen molar-refractivity contribution >= 4 is 7.62 Å². The van der Waals surface area contributed by atoms with Gasteiger partial charge in [0.1, 0.15) is 11.9 Å². The van der Waals surface area contributed by atoms with E-state index in [4.69, 9.17) is 4.65 Å². The first-order valence-electron chi connectivity index (χ1n) is 4.41. The Kier molecular flexibility index (Phi) is 1.53. The molecule has 2 aromatic rings. The normalized spacial score (nSPS) is 12.0. The topological polar surface area (TPSA) is 26.0 Å². The van der Waals surface area contributed by atoms with Gasteiger partial charge in [-0.2, -0.15) is 0 Å². The summed E-state index contributed by atoms with van der Waals surface area (Å²) in [6.07, 6.45) is 3.71. The van der Waals surface area contributed by atoms with Crippen molar-refractivity contribution in [2.45, 2.75) is 0 Å². The fraction of sp³-hybridized carbons (Fsp3) is 0. The van der Waals surface area contributed by atoms with Crippen LogP contribution >= 0.6 is 0 Å². The third-order valence-corrected chi connectivity index (χ3v) is 2.20. The highest BCUT2D eigenvalue weighted by Crippen LogP contribution is 2.26. The van der Waals surface area contributed by atoms with Crippen molar-refractivity contribution < 1.29 is 9.13 Å². The van der Waals surface area contributed by atoms with Gasteiger partial charge in [-0.3, -0.25) is 0 Å². The van der Waals surface area contributed by atoms with Crippen molar-refractivity contribution in [1.29, 1.82) is 0 Å². The molecule has 3 rings (SSSR count). The predicted molar refractivity (Wildman–Crippen MR) is 51.6 cm³/mol. The van der Waals surface area contributed by atoms with Crippen molar-refractivity contribution in [3.63, 3.8) is 0 Å². The molecule has 1 aliphatic heterocycles. The maximum Gasteiger partial charge on any atom is 0.831 e. The van der Waals surface area contributed by atoms with E-state index in [1.54, 1.807) is 13.8 Å². The molecule has 3 nitrogen and oxygen atoms in total. The standard InChI is InChI=1S/C10H7BN2O/c1-2-7-13-8(4-1)10-9(14-11-13)5-3-6-12-10/h1-7H/q+1. The summed E-state index contributed by atoms with van der Waals surface area (Å²) in [5.41, 5.74) is 1.94. The van der Waals surface area contributed by atoms with E-state index in [1.165, 1.54) is 0 Å². The average molecular weight is 182 g/mol. The lowest BCUT2D eigenvalue weighted by molar-refractivity contribution is -0.528. The van der Waals surface area contributed by atoms with E-state index >= 15 is 0 Å². The lowest BCUT2D eigenvalue weighted by Gasteiger charge is -2.11. The Labute approximate surface area is 82.3 Å². The summed E-state index contributed by atoms with van der Waals surface area (Å²) < 4.78 is 7.34. The van der Waals surface area contributed by atoms with Crippen LogP contribution in [0.1, 0.15) is 0 Å². The molecule has 0 saturated carbocycles. The maximum absolute atomic E-state index is 5.43. The smallest absolute Gasteiger partial charge is 0.496 e. The summed E-state index contributed by atoms with van der Waals surface area (Å²) in [7, 11) is 1.68. The monoisotopic (exact) mass is 182 g/mol. The van der Waals surface area contributed by atoms with E-state index in [-0.39, 0.29) is 0 Å². The van der Waals surface area contributed by atoms with E-state index < -0.39 is 0 Å². The molecular formula is C10H7BN2O+. The van der Waals surface area contributed by atoms with Crippen molar-refractivity contribution in [2.75, 3.05) is 0 Å². The van der Waals surface area contributed by atoms with Gasteiger partial charge in [0.15, 0.2) is 5.69 Å². The lowest BCUT2D eigenvalue weighted by Crippen LogP contribution is -2.47. The third kappa shape index (κ3) is 1.00. The molecule has 0 N–H and O–H groups in total. The van der Waals surface area contributed by atoms with Crippen LogP contribution in [0.2, 0.25) is 0 Å². The summed E-state index contributed by atoms with van der Waals surface area (Å²) >= 11 is 0. The zero-order valence-electron chi connectivity index (χ0n) is 7.42. The fourth-order valence-corrected chi connectivity index (χ4v) is 1.54. The van der Waals surface area contributed by atoms with E-state index in [9.17, 15) is 0 Å². The highest BCUT2D eigenvalue weighted by Gasteiger charge is 2.28. The van der Waals surface area contributed by atoms with Gasteiger partial charge in [0.05, 0.1) is 0 Å². The Morgan fingerprint density at radius 2 is 2.21 bits per heavy atom. The van der Waals surface area contributed by atoms with Crippen LogP contribution in [0.4, 0.5) is 0 Å². The molecule has 0 unspecified atom stereocenters. The molecule has 65 valence electrons. The number of hydrogen-bond acceptors (Lipinski definition) is 2. The van der Waals surface area contributed by atoms with E-state index in [2.05, 4.69) is 4.98 Å². The van der Waals surface area contributed by atoms with Gasteiger partial charge in [-0.15, -0.1) is 0 Å². The summed E-state index contributed by atoms with van der Waals surface area (Å²) in [6.45, 7) is 0. The Balaban J connectivity index is 2.29. The van der Waals surface area contributed by atoms with Crippen LogP contribution in [-0.2, 0) is 0 Å². The summed E-state index contributed by atoms with van der Waals surface area (Å²) in [5.74, 6) is 0.804. The first kappa shape index (κ1) is 7.56. The number of aromatic nitrogens is 2. The van der Waals surface area contributed by atoms with Crippen molar-refractivity contribution in [3.8, 4) is 17.1 Å². The van der Waals surface area contributed by atoms with Crippen LogP contribution in [0.5, 0.6) is 5.75 Å². The number of pyridine rings is 2. The van der Waals surface area contributed by atoms with Gasteiger partial charge in [0.2, 0.25) is 5.69 Å². The first-order chi connectivity index (χ1) is 6.95. The molecule has 0 bridgehead atoms. The molecule has 14 heavy (non-hydrogen) atoms. The molecule has 0 spiro atoms. The average Bonchev–Trinajstić information content (AvgIpc) is 2.29. The second-order valence-electron chi connectivity index (χ2n) is 3.07. The summed E-state index contributed by atoms with van der Waals surface area (Å²) in [6, 6.07) is 9.74. The zero-order valence-corrected chi connectivity index (χ0v) is 7.42. The molecule has 1 aliphatic rings. The van der Waals surface area contributed by atoms with Gasteiger partial charge in [0.25, 0.3) is 0 Å².